The van der Waals surface area contributed by atoms with Gasteiger partial charge in [0.25, 0.3) is 0 Å². The number of aromatic amines is 2. The highest BCUT2D eigenvalue weighted by atomic mass is 15.3. The second-order valence-corrected chi connectivity index (χ2v) is 7.91. The van der Waals surface area contributed by atoms with E-state index in [1.165, 1.54) is 0 Å². The van der Waals surface area contributed by atoms with E-state index in [2.05, 4.69) is 19.9 Å². The maximum atomic E-state index is 8.02. The second kappa shape index (κ2) is 8.58. The van der Waals surface area contributed by atoms with Crippen LogP contribution in [0.1, 0.15) is 11.1 Å². The summed E-state index contributed by atoms with van der Waals surface area (Å²) in [6.07, 6.45) is 0. The van der Waals surface area contributed by atoms with Crippen LogP contribution in [-0.4, -0.2) is 31.9 Å². The first-order valence-corrected chi connectivity index (χ1v) is 10.7. The number of para-hydroxylation sites is 4. The van der Waals surface area contributed by atoms with Crippen molar-refractivity contribution in [3.63, 3.8) is 0 Å². The lowest BCUT2D eigenvalue weighted by molar-refractivity contribution is 0.928. The first-order valence-electron chi connectivity index (χ1n) is 10.7. The van der Waals surface area contributed by atoms with Crippen molar-refractivity contribution in [1.82, 2.24) is 19.9 Å². The summed E-state index contributed by atoms with van der Waals surface area (Å²) in [4.78, 5) is 18.8. The van der Waals surface area contributed by atoms with Crippen LogP contribution in [0.15, 0.2) is 72.8 Å². The average Bonchev–Trinajstić information content (AvgIpc) is 3.45. The Morgan fingerprint density at radius 1 is 0.647 bits per heavy atom. The Hall–Kier alpha value is -4.86. The molecule has 34 heavy (non-hydrogen) atoms. The van der Waals surface area contributed by atoms with E-state index in [0.717, 1.165) is 33.2 Å². The number of nitrogens with one attached hydrogen (secondary N) is 4. The number of hydrogen-bond acceptors (Lipinski definition) is 4. The fourth-order valence-corrected chi connectivity index (χ4v) is 3.80. The molecule has 0 atom stereocenters. The molecule has 2 heterocycles. The van der Waals surface area contributed by atoms with Gasteiger partial charge in [0, 0.05) is 0 Å². The molecule has 0 unspecified atom stereocenters. The van der Waals surface area contributed by atoms with Crippen LogP contribution >= 0.6 is 0 Å². The number of fused-ring (bicyclic) bond motifs is 2. The zero-order valence-corrected chi connectivity index (χ0v) is 18.3. The first kappa shape index (κ1) is 21.0. The van der Waals surface area contributed by atoms with Crippen LogP contribution in [0.4, 0.5) is 11.9 Å². The van der Waals surface area contributed by atoms with Crippen LogP contribution in [0.2, 0.25) is 0 Å². The summed E-state index contributed by atoms with van der Waals surface area (Å²) >= 11 is 0. The maximum Gasteiger partial charge on any atom is 0.211 e. The lowest BCUT2D eigenvalue weighted by Gasteiger charge is -2.21. The van der Waals surface area contributed by atoms with E-state index >= 15 is 0 Å². The molecule has 0 aliphatic heterocycles. The number of benzene rings is 3. The SMILES string of the molecule is N=C(N)N(Cc1ccc(CN(C(=N)N)c2nc3ccccc3[nH]2)cc1)c1nc2ccccc2[nH]1. The molecular weight excluding hydrogens is 428 g/mol. The Morgan fingerprint density at radius 3 is 1.38 bits per heavy atom. The van der Waals surface area contributed by atoms with Crippen LogP contribution in [0.25, 0.3) is 22.1 Å². The Bertz CT molecular complexity index is 1300. The smallest absolute Gasteiger partial charge is 0.211 e. The molecule has 3 aromatic carbocycles. The maximum absolute atomic E-state index is 8.02. The lowest BCUT2D eigenvalue weighted by atomic mass is 10.1. The number of nitrogens with two attached hydrogens (primary N) is 2. The summed E-state index contributed by atoms with van der Waals surface area (Å²) < 4.78 is 0. The molecule has 0 amide bonds. The molecule has 0 spiro atoms. The van der Waals surface area contributed by atoms with Gasteiger partial charge in [0.2, 0.25) is 11.9 Å². The van der Waals surface area contributed by atoms with E-state index in [1.54, 1.807) is 9.80 Å². The predicted octanol–water partition coefficient (Wildman–Crippen LogP) is 3.24. The van der Waals surface area contributed by atoms with Crippen molar-refractivity contribution in [2.45, 2.75) is 13.1 Å². The van der Waals surface area contributed by atoms with E-state index in [-0.39, 0.29) is 11.9 Å². The van der Waals surface area contributed by atoms with Gasteiger partial charge >= 0.3 is 0 Å². The summed E-state index contributed by atoms with van der Waals surface area (Å²) in [7, 11) is 0. The summed E-state index contributed by atoms with van der Waals surface area (Å²) in [6, 6.07) is 23.2. The quantitative estimate of drug-likeness (QED) is 0.171. The summed E-state index contributed by atoms with van der Waals surface area (Å²) in [5.41, 5.74) is 17.0. The van der Waals surface area contributed by atoms with Gasteiger partial charge in [-0.2, -0.15) is 0 Å². The van der Waals surface area contributed by atoms with Crippen LogP contribution in [-0.2, 0) is 13.1 Å². The van der Waals surface area contributed by atoms with E-state index in [4.69, 9.17) is 22.3 Å². The van der Waals surface area contributed by atoms with Gasteiger partial charge in [-0.15, -0.1) is 0 Å². The standard InChI is InChI=1S/C24H24N10/c25-21(26)33(23-29-17-5-1-2-6-18(17)30-23)13-15-9-11-16(12-10-15)14-34(22(27)28)24-31-19-7-3-4-8-20(19)32-24/h1-12H,13-14H2,(H3,25,26)(H3,27,28)(H,29,30)(H,31,32). The predicted molar refractivity (Wildman–Crippen MR) is 135 cm³/mol. The number of imidazole rings is 2. The second-order valence-electron chi connectivity index (χ2n) is 7.91. The highest BCUT2D eigenvalue weighted by molar-refractivity contribution is 5.93. The van der Waals surface area contributed by atoms with Crippen molar-refractivity contribution in [2.75, 3.05) is 9.80 Å². The largest absolute Gasteiger partial charge is 0.370 e. The zero-order valence-electron chi connectivity index (χ0n) is 18.3. The van der Waals surface area contributed by atoms with Gasteiger partial charge in [0.15, 0.2) is 11.9 Å². The molecular formula is C24H24N10. The molecule has 0 bridgehead atoms. The number of rotatable bonds is 6. The van der Waals surface area contributed by atoms with Crippen molar-refractivity contribution in [2.24, 2.45) is 11.5 Å². The van der Waals surface area contributed by atoms with E-state index in [1.807, 2.05) is 72.8 Å². The van der Waals surface area contributed by atoms with Crippen LogP contribution < -0.4 is 21.3 Å². The minimum absolute atomic E-state index is 0.101. The van der Waals surface area contributed by atoms with E-state index in [9.17, 15) is 0 Å². The Kier molecular flexibility index (Phi) is 5.30. The fourth-order valence-electron chi connectivity index (χ4n) is 3.80. The lowest BCUT2D eigenvalue weighted by Crippen LogP contribution is -2.37. The fraction of sp³-hybridized carbons (Fsp3) is 0.0833. The third-order valence-electron chi connectivity index (χ3n) is 5.55. The number of H-pyrrole nitrogens is 2. The number of nitrogens with zero attached hydrogens (tertiary/aromatic N) is 4. The zero-order chi connectivity index (χ0) is 23.7. The molecule has 5 rings (SSSR count). The van der Waals surface area contributed by atoms with Crippen LogP contribution in [0.3, 0.4) is 0 Å². The van der Waals surface area contributed by atoms with E-state index in [0.29, 0.717) is 25.0 Å². The van der Waals surface area contributed by atoms with Crippen molar-refractivity contribution in [3.05, 3.63) is 83.9 Å². The van der Waals surface area contributed by atoms with Gasteiger partial charge in [-0.25, -0.2) is 9.97 Å². The molecule has 0 aliphatic rings. The Labute approximate surface area is 195 Å². The van der Waals surface area contributed by atoms with Crippen molar-refractivity contribution in [3.8, 4) is 0 Å². The topological polar surface area (TPSA) is 164 Å². The molecule has 10 heteroatoms. The van der Waals surface area contributed by atoms with Crippen molar-refractivity contribution >= 4 is 45.9 Å². The van der Waals surface area contributed by atoms with Gasteiger partial charge in [-0.05, 0) is 35.4 Å². The number of aromatic nitrogens is 4. The molecule has 8 N–H and O–H groups in total. The molecule has 2 aromatic heterocycles. The van der Waals surface area contributed by atoms with Gasteiger partial charge < -0.3 is 21.4 Å². The van der Waals surface area contributed by atoms with Gasteiger partial charge in [0.1, 0.15) is 0 Å². The van der Waals surface area contributed by atoms with Crippen molar-refractivity contribution < 1.29 is 0 Å². The molecule has 0 saturated carbocycles. The van der Waals surface area contributed by atoms with Crippen molar-refractivity contribution in [1.29, 1.82) is 10.8 Å². The monoisotopic (exact) mass is 452 g/mol. The third-order valence-corrected chi connectivity index (χ3v) is 5.55. The summed E-state index contributed by atoms with van der Waals surface area (Å²) in [5, 5.41) is 16.0. The average molecular weight is 453 g/mol. The molecule has 0 saturated heterocycles. The van der Waals surface area contributed by atoms with Crippen LogP contribution in [0.5, 0.6) is 0 Å². The highest BCUT2D eigenvalue weighted by Crippen LogP contribution is 2.21. The highest BCUT2D eigenvalue weighted by Gasteiger charge is 2.17. The minimum Gasteiger partial charge on any atom is -0.370 e. The Morgan fingerprint density at radius 2 is 1.03 bits per heavy atom. The van der Waals surface area contributed by atoms with Gasteiger partial charge in [-0.3, -0.25) is 20.6 Å². The molecule has 0 fully saturated rings. The van der Waals surface area contributed by atoms with Crippen LogP contribution in [0, 0.1) is 10.8 Å². The van der Waals surface area contributed by atoms with E-state index < -0.39 is 0 Å². The molecule has 0 radical (unpaired) electrons. The Balaban J connectivity index is 1.34. The summed E-state index contributed by atoms with van der Waals surface area (Å²) in [5.74, 6) is 0.836. The first-order chi connectivity index (χ1) is 16.5. The van der Waals surface area contributed by atoms with Gasteiger partial charge in [0.05, 0.1) is 35.2 Å². The normalized spacial score (nSPS) is 11.1. The number of guanidine groups is 2. The minimum atomic E-state index is -0.101. The van der Waals surface area contributed by atoms with Gasteiger partial charge in [-0.1, -0.05) is 48.5 Å². The molecule has 10 nitrogen and oxygen atoms in total. The molecule has 170 valence electrons. The number of anilines is 2. The summed E-state index contributed by atoms with van der Waals surface area (Å²) in [6.45, 7) is 0.769. The number of hydrogen-bond donors (Lipinski definition) is 6. The molecule has 0 aliphatic carbocycles. The molecule has 5 aromatic rings. The third kappa shape index (κ3) is 4.11.